The normalized spacial score (nSPS) is 26.5. The third-order valence-electron chi connectivity index (χ3n) is 4.06. The average Bonchev–Trinajstić information content (AvgIpc) is 2.36. The molecule has 116 valence electrons. The van der Waals surface area contributed by atoms with E-state index in [0.717, 1.165) is 24.6 Å². The Kier molecular flexibility index (Phi) is 4.37. The Labute approximate surface area is 123 Å². The number of hydrogen-bond acceptors (Lipinski definition) is 3. The zero-order valence-electron chi connectivity index (χ0n) is 12.0. The number of carboxylic acid groups (broad SMARTS) is 1. The molecule has 1 aromatic rings. The largest absolute Gasteiger partial charge is 0.478 e. The smallest absolute Gasteiger partial charge is 0.335 e. The Morgan fingerprint density at radius 2 is 1.76 bits per heavy atom. The second-order valence-electron chi connectivity index (χ2n) is 6.03. The van der Waals surface area contributed by atoms with Crippen LogP contribution in [0.25, 0.3) is 0 Å². The molecule has 0 bridgehead atoms. The number of sulfone groups is 1. The topological polar surface area (TPSA) is 71.4 Å². The van der Waals surface area contributed by atoms with Crippen LogP contribution < -0.4 is 0 Å². The van der Waals surface area contributed by atoms with Gasteiger partial charge in [0, 0.05) is 0 Å². The van der Waals surface area contributed by atoms with Crippen molar-refractivity contribution in [2.24, 2.45) is 11.8 Å². The molecule has 0 amide bonds. The maximum atomic E-state index is 14.0. The Morgan fingerprint density at radius 1 is 1.19 bits per heavy atom. The summed E-state index contributed by atoms with van der Waals surface area (Å²) in [5, 5.41) is 8.21. The summed E-state index contributed by atoms with van der Waals surface area (Å²) in [6.45, 7) is 4.00. The Hall–Kier alpha value is -1.43. The SMILES string of the molecule is CC1CC(C)CC(S(=O)(=O)c2ccc(C(=O)O)cc2F)C1. The van der Waals surface area contributed by atoms with Gasteiger partial charge in [-0.15, -0.1) is 0 Å². The van der Waals surface area contributed by atoms with E-state index in [4.69, 9.17) is 5.11 Å². The number of carboxylic acids is 1. The Balaban J connectivity index is 2.37. The fourth-order valence-corrected chi connectivity index (χ4v) is 5.28. The summed E-state index contributed by atoms with van der Waals surface area (Å²) in [4.78, 5) is 10.4. The van der Waals surface area contributed by atoms with Gasteiger partial charge in [-0.2, -0.15) is 0 Å². The lowest BCUT2D eigenvalue weighted by Crippen LogP contribution is -2.31. The Bertz CT molecular complexity index is 644. The molecule has 1 aliphatic rings. The summed E-state index contributed by atoms with van der Waals surface area (Å²) < 4.78 is 39.2. The molecule has 1 aliphatic carbocycles. The second-order valence-corrected chi connectivity index (χ2v) is 8.23. The first kappa shape index (κ1) is 15.9. The summed E-state index contributed by atoms with van der Waals surface area (Å²) in [7, 11) is -3.77. The minimum Gasteiger partial charge on any atom is -0.478 e. The van der Waals surface area contributed by atoms with Gasteiger partial charge in [-0.25, -0.2) is 17.6 Å². The maximum absolute atomic E-state index is 14.0. The van der Waals surface area contributed by atoms with Crippen molar-refractivity contribution in [1.29, 1.82) is 0 Å². The fourth-order valence-electron chi connectivity index (χ4n) is 3.17. The predicted octanol–water partition coefficient (Wildman–Crippen LogP) is 3.12. The molecule has 0 radical (unpaired) electrons. The van der Waals surface area contributed by atoms with E-state index in [1.165, 1.54) is 0 Å². The van der Waals surface area contributed by atoms with Crippen LogP contribution in [0.1, 0.15) is 43.5 Å². The molecule has 21 heavy (non-hydrogen) atoms. The van der Waals surface area contributed by atoms with Gasteiger partial charge in [0.05, 0.1) is 10.8 Å². The van der Waals surface area contributed by atoms with E-state index in [2.05, 4.69) is 0 Å². The van der Waals surface area contributed by atoms with Crippen LogP contribution in [-0.2, 0) is 9.84 Å². The summed E-state index contributed by atoms with van der Waals surface area (Å²) >= 11 is 0. The van der Waals surface area contributed by atoms with Crippen molar-refractivity contribution >= 4 is 15.8 Å². The summed E-state index contributed by atoms with van der Waals surface area (Å²) in [5.41, 5.74) is -0.253. The van der Waals surface area contributed by atoms with Gasteiger partial charge in [0.25, 0.3) is 0 Å². The summed E-state index contributed by atoms with van der Waals surface area (Å²) in [6, 6.07) is 2.97. The molecular weight excluding hydrogens is 295 g/mol. The fraction of sp³-hybridized carbons (Fsp3) is 0.533. The quantitative estimate of drug-likeness (QED) is 0.930. The molecule has 4 nitrogen and oxygen atoms in total. The molecule has 0 saturated heterocycles. The molecule has 6 heteroatoms. The monoisotopic (exact) mass is 314 g/mol. The van der Waals surface area contributed by atoms with Crippen molar-refractivity contribution in [2.75, 3.05) is 0 Å². The van der Waals surface area contributed by atoms with Crippen molar-refractivity contribution in [2.45, 2.75) is 43.3 Å². The van der Waals surface area contributed by atoms with Crippen LogP contribution in [0.2, 0.25) is 0 Å². The molecule has 0 aromatic heterocycles. The van der Waals surface area contributed by atoms with Crippen molar-refractivity contribution < 1.29 is 22.7 Å². The minimum atomic E-state index is -3.77. The highest BCUT2D eigenvalue weighted by atomic mass is 32.2. The number of benzene rings is 1. The number of rotatable bonds is 3. The lowest BCUT2D eigenvalue weighted by atomic mass is 9.83. The van der Waals surface area contributed by atoms with Gasteiger partial charge in [-0.3, -0.25) is 0 Å². The molecule has 1 saturated carbocycles. The van der Waals surface area contributed by atoms with Crippen molar-refractivity contribution in [1.82, 2.24) is 0 Å². The molecule has 2 unspecified atom stereocenters. The Morgan fingerprint density at radius 3 is 2.24 bits per heavy atom. The molecule has 1 fully saturated rings. The zero-order chi connectivity index (χ0) is 15.8. The minimum absolute atomic E-state index is 0.253. The molecule has 0 spiro atoms. The van der Waals surface area contributed by atoms with Crippen LogP contribution in [0, 0.1) is 17.7 Å². The standard InChI is InChI=1S/C15H19FO4S/c1-9-5-10(2)7-12(6-9)21(19,20)14-4-3-11(15(17)18)8-13(14)16/h3-4,8-10,12H,5-7H2,1-2H3,(H,17,18). The van der Waals surface area contributed by atoms with Crippen LogP contribution >= 0.6 is 0 Å². The van der Waals surface area contributed by atoms with E-state index >= 15 is 0 Å². The van der Waals surface area contributed by atoms with Crippen LogP contribution in [-0.4, -0.2) is 24.7 Å². The summed E-state index contributed by atoms with van der Waals surface area (Å²) in [5.74, 6) is -1.69. The van der Waals surface area contributed by atoms with Gasteiger partial charge in [-0.1, -0.05) is 13.8 Å². The zero-order valence-corrected chi connectivity index (χ0v) is 12.9. The van der Waals surface area contributed by atoms with E-state index < -0.39 is 26.9 Å². The molecule has 2 rings (SSSR count). The maximum Gasteiger partial charge on any atom is 0.335 e. The lowest BCUT2D eigenvalue weighted by Gasteiger charge is -2.31. The first-order chi connectivity index (χ1) is 9.71. The van der Waals surface area contributed by atoms with Gasteiger partial charge in [0.1, 0.15) is 10.7 Å². The van der Waals surface area contributed by atoms with Gasteiger partial charge in [0.15, 0.2) is 9.84 Å². The van der Waals surface area contributed by atoms with Crippen LogP contribution in [0.4, 0.5) is 4.39 Å². The van der Waals surface area contributed by atoms with Crippen LogP contribution in [0.3, 0.4) is 0 Å². The number of halogens is 1. The van der Waals surface area contributed by atoms with E-state index in [1.807, 2.05) is 13.8 Å². The number of carbonyl (C=O) groups is 1. The molecule has 1 aromatic carbocycles. The molecular formula is C15H19FO4S. The highest BCUT2D eigenvalue weighted by Gasteiger charge is 2.35. The number of aromatic carboxylic acids is 1. The highest BCUT2D eigenvalue weighted by Crippen LogP contribution is 2.35. The third-order valence-corrected chi connectivity index (χ3v) is 6.27. The highest BCUT2D eigenvalue weighted by molar-refractivity contribution is 7.92. The van der Waals surface area contributed by atoms with Gasteiger partial charge in [0.2, 0.25) is 0 Å². The van der Waals surface area contributed by atoms with Crippen LogP contribution in [0.15, 0.2) is 23.1 Å². The van der Waals surface area contributed by atoms with Crippen molar-refractivity contribution in [3.05, 3.63) is 29.6 Å². The number of hydrogen-bond donors (Lipinski definition) is 1. The van der Waals surface area contributed by atoms with E-state index in [1.54, 1.807) is 0 Å². The van der Waals surface area contributed by atoms with E-state index in [9.17, 15) is 17.6 Å². The predicted molar refractivity (Wildman–Crippen MR) is 76.5 cm³/mol. The van der Waals surface area contributed by atoms with E-state index in [-0.39, 0.29) is 22.3 Å². The van der Waals surface area contributed by atoms with Gasteiger partial charge < -0.3 is 5.11 Å². The summed E-state index contributed by atoms with van der Waals surface area (Å²) in [6.07, 6.45) is 2.02. The average molecular weight is 314 g/mol. The molecule has 1 N–H and O–H groups in total. The molecule has 0 aliphatic heterocycles. The van der Waals surface area contributed by atoms with Crippen LogP contribution in [0.5, 0.6) is 0 Å². The first-order valence-corrected chi connectivity index (χ1v) is 8.53. The first-order valence-electron chi connectivity index (χ1n) is 6.98. The van der Waals surface area contributed by atoms with Crippen molar-refractivity contribution in [3.63, 3.8) is 0 Å². The lowest BCUT2D eigenvalue weighted by molar-refractivity contribution is 0.0696. The molecule has 2 atom stereocenters. The third kappa shape index (κ3) is 3.26. The molecule has 0 heterocycles. The van der Waals surface area contributed by atoms with E-state index in [0.29, 0.717) is 12.8 Å². The van der Waals surface area contributed by atoms with Crippen molar-refractivity contribution in [3.8, 4) is 0 Å². The van der Waals surface area contributed by atoms with Gasteiger partial charge in [-0.05, 0) is 49.3 Å². The van der Waals surface area contributed by atoms with Gasteiger partial charge >= 0.3 is 5.97 Å². The second kappa shape index (κ2) is 5.75.